The maximum Gasteiger partial charge on any atom is 0.224 e. The van der Waals surface area contributed by atoms with Crippen LogP contribution in [0.4, 0.5) is 34.6 Å². The average Bonchev–Trinajstić information content (AvgIpc) is 3.11. The number of nitrogens with zero attached hydrogens (tertiary/aromatic N) is 5. The van der Waals surface area contributed by atoms with Gasteiger partial charge in [-0.05, 0) is 98.0 Å². The van der Waals surface area contributed by atoms with Crippen molar-refractivity contribution in [1.29, 1.82) is 0 Å². The van der Waals surface area contributed by atoms with Crippen molar-refractivity contribution in [3.05, 3.63) is 172 Å². The van der Waals surface area contributed by atoms with Crippen LogP contribution in [0.15, 0.2) is 120 Å². The lowest BCUT2D eigenvalue weighted by Crippen LogP contribution is -2.39. The zero-order valence-corrected chi connectivity index (χ0v) is 28.1. The molecule has 5 nitrogen and oxygen atoms in total. The predicted molar refractivity (Wildman–Crippen MR) is 192 cm³/mol. The molecule has 3 aromatic heterocycles. The first-order valence-electron chi connectivity index (χ1n) is 16.6. The number of hydrogen-bond acceptors (Lipinski definition) is 5. The van der Waals surface area contributed by atoms with Crippen LogP contribution in [0.1, 0.15) is 57.7 Å². The molecule has 0 amide bonds. The minimum atomic E-state index is -1.23. The molecule has 0 atom stereocenters. The monoisotopic (exact) mass is 681 g/mol. The summed E-state index contributed by atoms with van der Waals surface area (Å²) in [5, 5.41) is 0. The van der Waals surface area contributed by atoms with Crippen molar-refractivity contribution in [2.75, 3.05) is 4.90 Å². The number of aryl methyl sites for hydroxylation is 3. The summed E-state index contributed by atoms with van der Waals surface area (Å²) in [6, 6.07) is 33.4. The third-order valence-corrected chi connectivity index (χ3v) is 9.67. The Balaban J connectivity index is 1.48. The molecule has 2 aliphatic rings. The van der Waals surface area contributed by atoms with Crippen molar-refractivity contribution >= 4 is 28.6 Å². The highest BCUT2D eigenvalue weighted by Crippen LogP contribution is 2.58. The number of pyridine rings is 3. The van der Waals surface area contributed by atoms with Gasteiger partial charge in [-0.1, -0.05) is 66.2 Å². The molecular formula is C42H31F4N5. The number of halogens is 4. The fraction of sp³-hybridized carbons (Fsp3) is 0.143. The number of aliphatic imine (C=N–C) groups is 1. The SMILES string of the molecule is Cc1cc(C)c(N2c3ccccc3C(c3cccc(C4=C(F)N=C(F)CC4)n3)(c3cccc(-c4ccc(F)nc4F)n3)c3ccccc32)c(C)c1. The molecule has 0 saturated carbocycles. The van der Waals surface area contributed by atoms with Gasteiger partial charge in [-0.25, -0.2) is 0 Å². The van der Waals surface area contributed by atoms with Gasteiger partial charge in [-0.3, -0.25) is 9.97 Å². The fourth-order valence-electron chi connectivity index (χ4n) is 7.70. The van der Waals surface area contributed by atoms with Gasteiger partial charge < -0.3 is 4.90 Å². The van der Waals surface area contributed by atoms with E-state index in [1.165, 1.54) is 6.07 Å². The van der Waals surface area contributed by atoms with E-state index in [4.69, 9.17) is 9.97 Å². The Labute approximate surface area is 292 Å². The molecule has 0 fully saturated rings. The van der Waals surface area contributed by atoms with Crippen molar-refractivity contribution in [2.24, 2.45) is 4.99 Å². The van der Waals surface area contributed by atoms with E-state index in [-0.39, 0.29) is 29.7 Å². The Morgan fingerprint density at radius 2 is 1.20 bits per heavy atom. The van der Waals surface area contributed by atoms with Gasteiger partial charge in [0.1, 0.15) is 5.41 Å². The zero-order chi connectivity index (χ0) is 35.4. The summed E-state index contributed by atoms with van der Waals surface area (Å²) in [4.78, 5) is 19.4. The summed E-state index contributed by atoms with van der Waals surface area (Å²) in [6.07, 6.45) is 0.0681. The topological polar surface area (TPSA) is 54.3 Å². The Kier molecular flexibility index (Phi) is 7.86. The van der Waals surface area contributed by atoms with Crippen LogP contribution in [-0.2, 0) is 5.41 Å². The van der Waals surface area contributed by atoms with Gasteiger partial charge in [-0.15, -0.1) is 0 Å². The second-order valence-corrected chi connectivity index (χ2v) is 12.9. The lowest BCUT2D eigenvalue weighted by Gasteiger charge is -2.46. The van der Waals surface area contributed by atoms with Crippen LogP contribution in [0, 0.1) is 32.7 Å². The molecule has 3 aromatic carbocycles. The Morgan fingerprint density at radius 1 is 0.608 bits per heavy atom. The fourth-order valence-corrected chi connectivity index (χ4v) is 7.70. The van der Waals surface area contributed by atoms with Crippen LogP contribution in [0.2, 0.25) is 0 Å². The molecule has 0 bridgehead atoms. The van der Waals surface area contributed by atoms with E-state index in [1.807, 2.05) is 48.5 Å². The Morgan fingerprint density at radius 3 is 1.80 bits per heavy atom. The minimum Gasteiger partial charge on any atom is -0.309 e. The van der Waals surface area contributed by atoms with Crippen LogP contribution in [0.5, 0.6) is 0 Å². The molecule has 252 valence electrons. The van der Waals surface area contributed by atoms with E-state index in [0.717, 1.165) is 50.9 Å². The lowest BCUT2D eigenvalue weighted by atomic mass is 9.65. The molecular weight excluding hydrogens is 650 g/mol. The number of hydrogen-bond donors (Lipinski definition) is 0. The summed E-state index contributed by atoms with van der Waals surface area (Å²) in [5.41, 5.74) is 8.40. The van der Waals surface area contributed by atoms with Gasteiger partial charge in [0, 0.05) is 12.0 Å². The third kappa shape index (κ3) is 5.23. The van der Waals surface area contributed by atoms with E-state index in [9.17, 15) is 8.78 Å². The smallest absolute Gasteiger partial charge is 0.224 e. The molecule has 0 spiro atoms. The molecule has 0 radical (unpaired) electrons. The first kappa shape index (κ1) is 32.3. The van der Waals surface area contributed by atoms with Crippen molar-refractivity contribution in [1.82, 2.24) is 15.0 Å². The summed E-state index contributed by atoms with van der Waals surface area (Å²) in [5.74, 6) is -3.58. The van der Waals surface area contributed by atoms with Gasteiger partial charge in [0.05, 0.1) is 45.4 Å². The number of para-hydroxylation sites is 2. The zero-order valence-electron chi connectivity index (χ0n) is 28.1. The molecule has 8 rings (SSSR count). The molecule has 0 aliphatic carbocycles. The van der Waals surface area contributed by atoms with Gasteiger partial charge in [-0.2, -0.15) is 27.5 Å². The van der Waals surface area contributed by atoms with Crippen LogP contribution in [-0.4, -0.2) is 20.9 Å². The van der Waals surface area contributed by atoms with Crippen LogP contribution < -0.4 is 4.90 Å². The van der Waals surface area contributed by atoms with E-state index < -0.39 is 29.2 Å². The van der Waals surface area contributed by atoms with E-state index >= 15 is 8.78 Å². The normalized spacial score (nSPS) is 15.0. The van der Waals surface area contributed by atoms with Crippen molar-refractivity contribution < 1.29 is 17.6 Å². The standard InChI is InChI=1S/C42H31F4N5/c1-24-22-25(2)39(26(3)23-24)51-33-14-6-4-10-29(33)42(30-11-5-7-15-34(30)51,35-16-8-12-31(47-35)27-18-20-37(43)49-40(27)45)36-17-9-13-32(48-36)28-19-21-38(44)50-41(28)46/h4-18,20,22-23H,19,21H2,1-3H3. The van der Waals surface area contributed by atoms with Crippen molar-refractivity contribution in [3.8, 4) is 11.3 Å². The highest BCUT2D eigenvalue weighted by molar-refractivity contribution is 5.91. The first-order valence-corrected chi connectivity index (χ1v) is 16.6. The number of aromatic nitrogens is 3. The Hall–Kier alpha value is -5.96. The quantitative estimate of drug-likeness (QED) is 0.103. The number of fused-ring (bicyclic) bond motifs is 2. The molecule has 0 saturated heterocycles. The predicted octanol–water partition coefficient (Wildman–Crippen LogP) is 10.7. The van der Waals surface area contributed by atoms with Crippen molar-refractivity contribution in [2.45, 2.75) is 39.0 Å². The molecule has 0 N–H and O–H groups in total. The lowest BCUT2D eigenvalue weighted by molar-refractivity contribution is 0.515. The highest BCUT2D eigenvalue weighted by Gasteiger charge is 2.49. The summed E-state index contributed by atoms with van der Waals surface area (Å²) in [7, 11) is 0. The van der Waals surface area contributed by atoms with E-state index in [1.54, 1.807) is 24.3 Å². The average molecular weight is 682 g/mol. The summed E-state index contributed by atoms with van der Waals surface area (Å²) < 4.78 is 58.3. The second kappa shape index (κ2) is 12.4. The van der Waals surface area contributed by atoms with Crippen molar-refractivity contribution in [3.63, 3.8) is 0 Å². The number of benzene rings is 3. The van der Waals surface area contributed by atoms with Crippen LogP contribution >= 0.6 is 0 Å². The number of allylic oxidation sites excluding steroid dienone is 1. The molecule has 0 unspecified atom stereocenters. The van der Waals surface area contributed by atoms with Crippen LogP contribution in [0.25, 0.3) is 16.8 Å². The largest absolute Gasteiger partial charge is 0.309 e. The number of rotatable bonds is 5. The minimum absolute atomic E-state index is 0.0312. The summed E-state index contributed by atoms with van der Waals surface area (Å²) >= 11 is 0. The second-order valence-electron chi connectivity index (χ2n) is 12.9. The third-order valence-electron chi connectivity index (χ3n) is 9.67. The van der Waals surface area contributed by atoms with Gasteiger partial charge in [0.25, 0.3) is 0 Å². The molecule has 5 heterocycles. The van der Waals surface area contributed by atoms with E-state index in [2.05, 4.69) is 59.9 Å². The van der Waals surface area contributed by atoms with Crippen LogP contribution in [0.3, 0.4) is 0 Å². The van der Waals surface area contributed by atoms with Gasteiger partial charge in [0.15, 0.2) is 5.97 Å². The number of anilines is 3. The molecule has 2 aliphatic heterocycles. The first-order chi connectivity index (χ1) is 24.7. The molecule has 51 heavy (non-hydrogen) atoms. The molecule has 9 heteroatoms. The maximum atomic E-state index is 15.2. The van der Waals surface area contributed by atoms with E-state index in [0.29, 0.717) is 17.1 Å². The summed E-state index contributed by atoms with van der Waals surface area (Å²) in [6.45, 7) is 6.27. The molecule has 6 aromatic rings. The van der Waals surface area contributed by atoms with Gasteiger partial charge >= 0.3 is 0 Å². The highest BCUT2D eigenvalue weighted by atomic mass is 19.2. The Bertz CT molecular complexity index is 2360. The maximum absolute atomic E-state index is 15.2. The van der Waals surface area contributed by atoms with Gasteiger partial charge in [0.2, 0.25) is 17.8 Å².